The van der Waals surface area contributed by atoms with Crippen LogP contribution in [0.5, 0.6) is 5.75 Å². The maximum absolute atomic E-state index is 11.9. The molecule has 1 aromatic carbocycles. The summed E-state index contributed by atoms with van der Waals surface area (Å²) in [5.41, 5.74) is 1.57. The fraction of sp³-hybridized carbons (Fsp3) is 0.389. The number of amides is 1. The highest BCUT2D eigenvalue weighted by atomic mass is 16.5. The van der Waals surface area contributed by atoms with Crippen LogP contribution in [0.2, 0.25) is 0 Å². The highest BCUT2D eigenvalue weighted by molar-refractivity contribution is 5.91. The van der Waals surface area contributed by atoms with Crippen LogP contribution >= 0.6 is 0 Å². The first-order valence-corrected chi connectivity index (χ1v) is 8.42. The number of benzene rings is 1. The number of piperazine rings is 1. The third kappa shape index (κ3) is 4.67. The van der Waals surface area contributed by atoms with E-state index in [0.717, 1.165) is 38.5 Å². The van der Waals surface area contributed by atoms with E-state index in [1.807, 2.05) is 12.1 Å². The first kappa shape index (κ1) is 17.2. The maximum Gasteiger partial charge on any atom is 0.271 e. The Morgan fingerprint density at radius 1 is 1.16 bits per heavy atom. The van der Waals surface area contributed by atoms with Gasteiger partial charge in [-0.15, -0.1) is 0 Å². The normalized spacial score (nSPS) is 15.0. The molecule has 2 aromatic rings. The van der Waals surface area contributed by atoms with E-state index < -0.39 is 0 Å². The largest absolute Gasteiger partial charge is 0.497 e. The van der Waals surface area contributed by atoms with E-state index in [2.05, 4.69) is 37.2 Å². The Morgan fingerprint density at radius 2 is 1.92 bits per heavy atom. The second kappa shape index (κ2) is 8.43. The van der Waals surface area contributed by atoms with E-state index in [1.165, 1.54) is 18.1 Å². The van der Waals surface area contributed by atoms with E-state index in [-0.39, 0.29) is 5.91 Å². The number of ether oxygens (including phenoxy) is 1. The van der Waals surface area contributed by atoms with Gasteiger partial charge in [0, 0.05) is 57.3 Å². The van der Waals surface area contributed by atoms with Gasteiger partial charge in [0.05, 0.1) is 13.3 Å². The Labute approximate surface area is 147 Å². The van der Waals surface area contributed by atoms with Crippen LogP contribution in [0, 0.1) is 0 Å². The zero-order chi connectivity index (χ0) is 17.5. The smallest absolute Gasteiger partial charge is 0.271 e. The summed E-state index contributed by atoms with van der Waals surface area (Å²) >= 11 is 0. The van der Waals surface area contributed by atoms with Crippen molar-refractivity contribution < 1.29 is 9.53 Å². The predicted octanol–water partition coefficient (Wildman–Crippen LogP) is 1.04. The molecule has 0 atom stereocenters. The molecule has 1 saturated heterocycles. The van der Waals surface area contributed by atoms with E-state index in [4.69, 9.17) is 4.74 Å². The SMILES string of the molecule is COc1ccc(N2CCN(CCNC(=O)c3cnccn3)CC2)cc1. The summed E-state index contributed by atoms with van der Waals surface area (Å²) < 4.78 is 5.20. The van der Waals surface area contributed by atoms with E-state index >= 15 is 0 Å². The van der Waals surface area contributed by atoms with Crippen LogP contribution < -0.4 is 15.0 Å². The highest BCUT2D eigenvalue weighted by Crippen LogP contribution is 2.20. The number of nitrogens with zero attached hydrogens (tertiary/aromatic N) is 4. The van der Waals surface area contributed by atoms with Gasteiger partial charge >= 0.3 is 0 Å². The summed E-state index contributed by atoms with van der Waals surface area (Å²) in [6.07, 6.45) is 4.55. The average Bonchev–Trinajstić information content (AvgIpc) is 2.69. The van der Waals surface area contributed by atoms with Crippen molar-refractivity contribution in [3.8, 4) is 5.75 Å². The first-order valence-electron chi connectivity index (χ1n) is 8.42. The van der Waals surface area contributed by atoms with Crippen LogP contribution in [0.4, 0.5) is 5.69 Å². The first-order chi connectivity index (χ1) is 12.3. The number of anilines is 1. The molecule has 1 fully saturated rings. The van der Waals surface area contributed by atoms with Gasteiger partial charge in [-0.25, -0.2) is 4.98 Å². The maximum atomic E-state index is 11.9. The zero-order valence-corrected chi connectivity index (χ0v) is 14.4. The van der Waals surface area contributed by atoms with Crippen LogP contribution in [0.15, 0.2) is 42.9 Å². The molecule has 7 nitrogen and oxygen atoms in total. The molecule has 2 heterocycles. The summed E-state index contributed by atoms with van der Waals surface area (Å²) in [7, 11) is 1.68. The number of hydrogen-bond donors (Lipinski definition) is 1. The van der Waals surface area contributed by atoms with Gasteiger partial charge in [0.15, 0.2) is 0 Å². The highest BCUT2D eigenvalue weighted by Gasteiger charge is 2.17. The van der Waals surface area contributed by atoms with Crippen molar-refractivity contribution in [2.45, 2.75) is 0 Å². The molecule has 1 aliphatic rings. The molecule has 1 aliphatic heterocycles. The van der Waals surface area contributed by atoms with Crippen molar-refractivity contribution in [2.24, 2.45) is 0 Å². The van der Waals surface area contributed by atoms with Gasteiger partial charge in [-0.2, -0.15) is 0 Å². The van der Waals surface area contributed by atoms with Gasteiger partial charge in [-0.3, -0.25) is 14.7 Å². The second-order valence-corrected chi connectivity index (χ2v) is 5.87. The topological polar surface area (TPSA) is 70.6 Å². The number of methoxy groups -OCH3 is 1. The lowest BCUT2D eigenvalue weighted by Crippen LogP contribution is -2.48. The number of aromatic nitrogens is 2. The standard InChI is InChI=1S/C18H23N5O2/c1-25-16-4-2-15(3-5-16)23-12-10-22(11-13-23)9-8-21-18(24)17-14-19-6-7-20-17/h2-7,14H,8-13H2,1H3,(H,21,24). The quantitative estimate of drug-likeness (QED) is 0.846. The fourth-order valence-electron chi connectivity index (χ4n) is 2.86. The Balaban J connectivity index is 1.39. The molecular formula is C18H23N5O2. The van der Waals surface area contributed by atoms with Crippen LogP contribution in [-0.2, 0) is 0 Å². The van der Waals surface area contributed by atoms with Crippen molar-refractivity contribution in [2.75, 3.05) is 51.3 Å². The van der Waals surface area contributed by atoms with Crippen molar-refractivity contribution in [3.63, 3.8) is 0 Å². The third-order valence-corrected chi connectivity index (χ3v) is 4.32. The molecule has 25 heavy (non-hydrogen) atoms. The summed E-state index contributed by atoms with van der Waals surface area (Å²) in [6.45, 7) is 5.36. The monoisotopic (exact) mass is 341 g/mol. The van der Waals surface area contributed by atoms with Gasteiger partial charge in [-0.05, 0) is 24.3 Å². The van der Waals surface area contributed by atoms with Gasteiger partial charge in [0.25, 0.3) is 5.91 Å². The fourth-order valence-corrected chi connectivity index (χ4v) is 2.86. The molecule has 0 bridgehead atoms. The number of carbonyl (C=O) groups is 1. The van der Waals surface area contributed by atoms with E-state index in [0.29, 0.717) is 12.2 Å². The number of rotatable bonds is 6. The predicted molar refractivity (Wildman–Crippen MR) is 96.0 cm³/mol. The van der Waals surface area contributed by atoms with Gasteiger partial charge < -0.3 is 15.0 Å². The minimum absolute atomic E-state index is 0.176. The lowest BCUT2D eigenvalue weighted by Gasteiger charge is -2.36. The van der Waals surface area contributed by atoms with E-state index in [9.17, 15) is 4.79 Å². The van der Waals surface area contributed by atoms with E-state index in [1.54, 1.807) is 13.3 Å². The Kier molecular flexibility index (Phi) is 5.79. The van der Waals surface area contributed by atoms with Crippen molar-refractivity contribution in [1.29, 1.82) is 0 Å². The molecule has 0 unspecified atom stereocenters. The van der Waals surface area contributed by atoms with Crippen molar-refractivity contribution in [3.05, 3.63) is 48.5 Å². The number of hydrogen-bond acceptors (Lipinski definition) is 6. The zero-order valence-electron chi connectivity index (χ0n) is 14.4. The lowest BCUT2D eigenvalue weighted by molar-refractivity contribution is 0.0942. The summed E-state index contributed by atoms with van der Waals surface area (Å²) in [6, 6.07) is 8.17. The summed E-state index contributed by atoms with van der Waals surface area (Å²) in [5.74, 6) is 0.700. The number of carbonyl (C=O) groups excluding carboxylic acids is 1. The molecular weight excluding hydrogens is 318 g/mol. The Morgan fingerprint density at radius 3 is 2.56 bits per heavy atom. The minimum Gasteiger partial charge on any atom is -0.497 e. The average molecular weight is 341 g/mol. The molecule has 0 aliphatic carbocycles. The Bertz CT molecular complexity index is 670. The van der Waals surface area contributed by atoms with Gasteiger partial charge in [0.1, 0.15) is 11.4 Å². The van der Waals surface area contributed by atoms with Crippen LogP contribution in [-0.4, -0.2) is 67.2 Å². The summed E-state index contributed by atoms with van der Waals surface area (Å²) in [5, 5.41) is 2.89. The molecule has 1 aromatic heterocycles. The molecule has 3 rings (SSSR count). The second-order valence-electron chi connectivity index (χ2n) is 5.87. The van der Waals surface area contributed by atoms with Crippen LogP contribution in [0.3, 0.4) is 0 Å². The molecule has 1 amide bonds. The summed E-state index contributed by atoms with van der Waals surface area (Å²) in [4.78, 5) is 24.6. The van der Waals surface area contributed by atoms with Gasteiger partial charge in [0.2, 0.25) is 0 Å². The lowest BCUT2D eigenvalue weighted by atomic mass is 10.2. The van der Waals surface area contributed by atoms with Gasteiger partial charge in [-0.1, -0.05) is 0 Å². The molecule has 132 valence electrons. The molecule has 0 saturated carbocycles. The Hall–Kier alpha value is -2.67. The molecule has 7 heteroatoms. The third-order valence-electron chi connectivity index (χ3n) is 4.32. The van der Waals surface area contributed by atoms with Crippen LogP contribution in [0.25, 0.3) is 0 Å². The molecule has 0 radical (unpaired) electrons. The number of nitrogens with one attached hydrogen (secondary N) is 1. The minimum atomic E-state index is -0.176. The molecule has 0 spiro atoms. The van der Waals surface area contributed by atoms with Crippen molar-refractivity contribution in [1.82, 2.24) is 20.2 Å². The van der Waals surface area contributed by atoms with Crippen molar-refractivity contribution >= 4 is 11.6 Å². The molecule has 1 N–H and O–H groups in total. The van der Waals surface area contributed by atoms with Crippen LogP contribution in [0.1, 0.15) is 10.5 Å².